The Kier molecular flexibility index (Phi) is 7.84. The van der Waals surface area contributed by atoms with Crippen molar-refractivity contribution in [3.8, 4) is 5.75 Å². The van der Waals surface area contributed by atoms with Gasteiger partial charge in [-0.05, 0) is 24.5 Å². The lowest BCUT2D eigenvalue weighted by atomic mass is 10.0. The molecule has 1 N–H and O–H groups in total. The van der Waals surface area contributed by atoms with E-state index < -0.39 is 36.3 Å². The van der Waals surface area contributed by atoms with Gasteiger partial charge in [0.05, 0.1) is 19.8 Å². The van der Waals surface area contributed by atoms with Crippen LogP contribution in [0.2, 0.25) is 0 Å². The van der Waals surface area contributed by atoms with E-state index in [2.05, 4.69) is 10.1 Å². The van der Waals surface area contributed by atoms with E-state index in [1.807, 2.05) is 13.8 Å². The highest BCUT2D eigenvalue weighted by Gasteiger charge is 2.23. The van der Waals surface area contributed by atoms with Crippen molar-refractivity contribution < 1.29 is 33.0 Å². The Morgan fingerprint density at radius 3 is 2.40 bits per heavy atom. The molecule has 0 saturated carbocycles. The van der Waals surface area contributed by atoms with Crippen LogP contribution in [0.25, 0.3) is 0 Å². The topological polar surface area (TPSA) is 90.9 Å². The monoisotopic (exact) mass is 355 g/mol. The molecular weight excluding hydrogens is 333 g/mol. The fourth-order valence-electron chi connectivity index (χ4n) is 2.06. The van der Waals surface area contributed by atoms with Crippen LogP contribution < -0.4 is 10.1 Å². The molecule has 8 heteroatoms. The molecule has 0 heterocycles. The van der Waals surface area contributed by atoms with E-state index in [1.165, 1.54) is 26.4 Å². The number of halogens is 1. The smallest absolute Gasteiger partial charge is 0.341 e. The molecule has 0 fully saturated rings. The third kappa shape index (κ3) is 6.40. The average Bonchev–Trinajstić information content (AvgIpc) is 2.57. The number of benzene rings is 1. The first-order valence-electron chi connectivity index (χ1n) is 7.66. The molecule has 1 rings (SSSR count). The molecule has 0 aliphatic heterocycles. The molecule has 0 unspecified atom stereocenters. The van der Waals surface area contributed by atoms with E-state index in [0.717, 1.165) is 6.07 Å². The normalized spacial score (nSPS) is 11.6. The molecule has 0 saturated heterocycles. The van der Waals surface area contributed by atoms with E-state index in [9.17, 15) is 18.8 Å². The van der Waals surface area contributed by atoms with Crippen LogP contribution in [-0.2, 0) is 19.1 Å². The Morgan fingerprint density at radius 2 is 1.88 bits per heavy atom. The molecule has 0 aliphatic rings. The summed E-state index contributed by atoms with van der Waals surface area (Å²) in [4.78, 5) is 35.4. The molecule has 7 nitrogen and oxygen atoms in total. The lowest BCUT2D eigenvalue weighted by molar-refractivity contribution is -0.145. The molecular formula is C17H22FNO6. The van der Waals surface area contributed by atoms with E-state index in [0.29, 0.717) is 6.42 Å². The number of carbonyl (C=O) groups excluding carboxylic acids is 3. The van der Waals surface area contributed by atoms with Gasteiger partial charge in [-0.1, -0.05) is 13.8 Å². The van der Waals surface area contributed by atoms with Crippen molar-refractivity contribution in [3.05, 3.63) is 29.6 Å². The number of carbonyl (C=O) groups is 3. The van der Waals surface area contributed by atoms with Gasteiger partial charge in [-0.25, -0.2) is 14.0 Å². The maximum absolute atomic E-state index is 13.8. The summed E-state index contributed by atoms with van der Waals surface area (Å²) in [6.07, 6.45) is 0.374. The Labute approximate surface area is 145 Å². The van der Waals surface area contributed by atoms with Crippen LogP contribution in [0, 0.1) is 11.7 Å². The second-order valence-corrected chi connectivity index (χ2v) is 5.69. The summed E-state index contributed by atoms with van der Waals surface area (Å²) in [5.41, 5.74) is -0.319. The van der Waals surface area contributed by atoms with Gasteiger partial charge >= 0.3 is 11.9 Å². The summed E-state index contributed by atoms with van der Waals surface area (Å²) < 4.78 is 28.0. The molecule has 0 aliphatic carbocycles. The highest BCUT2D eigenvalue weighted by atomic mass is 19.1. The van der Waals surface area contributed by atoms with E-state index in [4.69, 9.17) is 9.47 Å². The molecule has 1 atom stereocenters. The Balaban J connectivity index is 2.62. The van der Waals surface area contributed by atoms with Crippen LogP contribution in [0.3, 0.4) is 0 Å². The largest absolute Gasteiger partial charge is 0.497 e. The average molecular weight is 355 g/mol. The first-order chi connectivity index (χ1) is 11.8. The van der Waals surface area contributed by atoms with E-state index in [1.54, 1.807) is 0 Å². The van der Waals surface area contributed by atoms with Gasteiger partial charge in [0, 0.05) is 6.07 Å². The minimum absolute atomic E-state index is 0.139. The zero-order valence-corrected chi connectivity index (χ0v) is 14.6. The van der Waals surface area contributed by atoms with Crippen molar-refractivity contribution in [2.24, 2.45) is 5.92 Å². The van der Waals surface area contributed by atoms with Crippen LogP contribution in [-0.4, -0.2) is 44.7 Å². The predicted molar refractivity (Wildman–Crippen MR) is 86.6 cm³/mol. The van der Waals surface area contributed by atoms with Crippen molar-refractivity contribution in [3.63, 3.8) is 0 Å². The van der Waals surface area contributed by atoms with Gasteiger partial charge < -0.3 is 19.5 Å². The summed E-state index contributed by atoms with van der Waals surface area (Å²) in [6.45, 7) is 3.12. The molecule has 0 spiro atoms. The third-order valence-electron chi connectivity index (χ3n) is 3.26. The zero-order valence-electron chi connectivity index (χ0n) is 14.6. The number of hydrogen-bond donors (Lipinski definition) is 1. The Hall–Kier alpha value is -2.64. The van der Waals surface area contributed by atoms with Crippen molar-refractivity contribution in [2.75, 3.05) is 20.8 Å². The molecule has 1 amide bonds. The maximum atomic E-state index is 13.8. The van der Waals surface area contributed by atoms with Gasteiger partial charge in [-0.2, -0.15) is 0 Å². The molecule has 0 bridgehead atoms. The Bertz CT molecular complexity index is 632. The van der Waals surface area contributed by atoms with Crippen LogP contribution in [0.5, 0.6) is 5.75 Å². The number of esters is 2. The molecule has 25 heavy (non-hydrogen) atoms. The lowest BCUT2D eigenvalue weighted by Gasteiger charge is -2.18. The van der Waals surface area contributed by atoms with Crippen LogP contribution in [0.4, 0.5) is 4.39 Å². The van der Waals surface area contributed by atoms with Crippen LogP contribution in [0.1, 0.15) is 30.6 Å². The van der Waals surface area contributed by atoms with Gasteiger partial charge in [0.15, 0.2) is 6.61 Å². The van der Waals surface area contributed by atoms with Gasteiger partial charge in [0.25, 0.3) is 5.91 Å². The van der Waals surface area contributed by atoms with Crippen molar-refractivity contribution in [1.29, 1.82) is 0 Å². The summed E-state index contributed by atoms with van der Waals surface area (Å²) in [5.74, 6) is -2.69. The van der Waals surface area contributed by atoms with E-state index >= 15 is 0 Å². The zero-order chi connectivity index (χ0) is 19.0. The molecule has 138 valence electrons. The summed E-state index contributed by atoms with van der Waals surface area (Å²) in [7, 11) is 2.58. The number of hydrogen-bond acceptors (Lipinski definition) is 6. The minimum Gasteiger partial charge on any atom is -0.497 e. The molecule has 1 aromatic carbocycles. The van der Waals surface area contributed by atoms with Crippen molar-refractivity contribution in [2.45, 2.75) is 26.3 Å². The molecule has 0 radical (unpaired) electrons. The van der Waals surface area contributed by atoms with Gasteiger partial charge in [0.1, 0.15) is 17.6 Å². The van der Waals surface area contributed by atoms with Crippen LogP contribution in [0.15, 0.2) is 18.2 Å². The molecule has 1 aromatic rings. The van der Waals surface area contributed by atoms with Gasteiger partial charge in [-0.15, -0.1) is 0 Å². The number of methoxy groups -OCH3 is 2. The summed E-state index contributed by atoms with van der Waals surface area (Å²) in [5, 5.41) is 2.43. The first-order valence-corrected chi connectivity index (χ1v) is 7.66. The number of nitrogens with one attached hydrogen (secondary N) is 1. The molecule has 0 aromatic heterocycles. The Morgan fingerprint density at radius 1 is 1.20 bits per heavy atom. The van der Waals surface area contributed by atoms with Crippen molar-refractivity contribution in [1.82, 2.24) is 5.32 Å². The fourth-order valence-corrected chi connectivity index (χ4v) is 2.06. The number of amides is 1. The number of rotatable bonds is 8. The summed E-state index contributed by atoms with van der Waals surface area (Å²) >= 11 is 0. The second kappa shape index (κ2) is 9.61. The maximum Gasteiger partial charge on any atom is 0.341 e. The van der Waals surface area contributed by atoms with Crippen molar-refractivity contribution >= 4 is 17.8 Å². The number of ether oxygens (including phenoxy) is 3. The predicted octanol–water partition coefficient (Wildman–Crippen LogP) is 1.69. The first kappa shape index (κ1) is 20.4. The van der Waals surface area contributed by atoms with Gasteiger partial charge in [-0.3, -0.25) is 4.79 Å². The fraction of sp³-hybridized carbons (Fsp3) is 0.471. The quantitative estimate of drug-likeness (QED) is 0.714. The second-order valence-electron chi connectivity index (χ2n) is 5.69. The standard InChI is InChI=1S/C17H22FNO6/c1-10(2)7-14(17(22)24-4)19-15(20)9-25-16(21)12-6-5-11(23-3)8-13(12)18/h5-6,8,10,14H,7,9H2,1-4H3,(H,19,20)/t14-/m1/s1. The van der Waals surface area contributed by atoms with Crippen LogP contribution >= 0.6 is 0 Å². The highest BCUT2D eigenvalue weighted by molar-refractivity contribution is 5.92. The van der Waals surface area contributed by atoms with E-state index in [-0.39, 0.29) is 17.2 Å². The summed E-state index contributed by atoms with van der Waals surface area (Å²) in [6, 6.07) is 2.79. The van der Waals surface area contributed by atoms with Gasteiger partial charge in [0.2, 0.25) is 0 Å². The third-order valence-corrected chi connectivity index (χ3v) is 3.26. The SMILES string of the molecule is COC(=O)[C@@H](CC(C)C)NC(=O)COC(=O)c1ccc(OC)cc1F. The lowest BCUT2D eigenvalue weighted by Crippen LogP contribution is -2.44. The minimum atomic E-state index is -0.992. The highest BCUT2D eigenvalue weighted by Crippen LogP contribution is 2.17.